The minimum atomic E-state index is -0.538. The maximum atomic E-state index is 12.1. The zero-order valence-corrected chi connectivity index (χ0v) is 11.5. The molecule has 0 aliphatic rings. The molecule has 0 bridgehead atoms. The van der Waals surface area contributed by atoms with E-state index < -0.39 is 5.43 Å². The zero-order chi connectivity index (χ0) is 14.6. The smallest absolute Gasteiger partial charge is 0.203 e. The molecule has 0 amide bonds. The Balaban J connectivity index is 3.77. The van der Waals surface area contributed by atoms with Crippen LogP contribution >= 0.6 is 0 Å². The lowest BCUT2D eigenvalue weighted by Crippen LogP contribution is -2.19. The second kappa shape index (κ2) is 6.09. The first-order valence-corrected chi connectivity index (χ1v) is 5.91. The first-order chi connectivity index (χ1) is 8.90. The van der Waals surface area contributed by atoms with Crippen LogP contribution in [-0.2, 0) is 0 Å². The molecule has 4 nitrogen and oxygen atoms in total. The molecule has 1 N–H and O–H groups in total. The van der Waals surface area contributed by atoms with Gasteiger partial charge in [0.25, 0.3) is 0 Å². The van der Waals surface area contributed by atoms with Crippen molar-refractivity contribution in [2.45, 2.75) is 27.7 Å². The number of H-pyrrole nitrogens is 1. The molecule has 0 aromatic carbocycles. The summed E-state index contributed by atoms with van der Waals surface area (Å²) in [6.07, 6.45) is 4.38. The molecule has 1 rings (SSSR count). The molecule has 0 fully saturated rings. The number of allylic oxidation sites excluding steroid dienone is 2. The van der Waals surface area contributed by atoms with Gasteiger partial charge in [-0.2, -0.15) is 0 Å². The largest absolute Gasteiger partial charge is 0.354 e. The second-order valence-electron chi connectivity index (χ2n) is 4.79. The average Bonchev–Trinajstić information content (AvgIpc) is 2.27. The molecule has 0 aliphatic carbocycles. The zero-order valence-electron chi connectivity index (χ0n) is 11.5. The van der Waals surface area contributed by atoms with Gasteiger partial charge in [0.15, 0.2) is 12.6 Å². The molecule has 0 aliphatic heterocycles. The molecular formula is C15H17NO3. The van der Waals surface area contributed by atoms with Crippen LogP contribution in [0.15, 0.2) is 15.9 Å². The van der Waals surface area contributed by atoms with Gasteiger partial charge in [0.1, 0.15) is 0 Å². The van der Waals surface area contributed by atoms with Crippen molar-refractivity contribution >= 4 is 24.7 Å². The van der Waals surface area contributed by atoms with Crippen molar-refractivity contribution in [3.63, 3.8) is 0 Å². The van der Waals surface area contributed by atoms with Gasteiger partial charge in [-0.25, -0.2) is 0 Å². The van der Waals surface area contributed by atoms with Crippen molar-refractivity contribution in [2.24, 2.45) is 0 Å². The number of aromatic amines is 1. The standard InChI is InChI=1S/C15H17NO3/c1-9(2)5-13-11(7-17)15(19)12(8-18)14(16-13)6-10(3)4/h5-8H,1-4H3,(H,16,19). The molecule has 19 heavy (non-hydrogen) atoms. The lowest BCUT2D eigenvalue weighted by atomic mass is 10.1. The maximum absolute atomic E-state index is 12.1. The van der Waals surface area contributed by atoms with Gasteiger partial charge in [-0.3, -0.25) is 14.4 Å². The summed E-state index contributed by atoms with van der Waals surface area (Å²) in [7, 11) is 0. The molecule has 1 aromatic rings. The Morgan fingerprint density at radius 3 is 1.47 bits per heavy atom. The summed E-state index contributed by atoms with van der Waals surface area (Å²) >= 11 is 0. The Labute approximate surface area is 111 Å². The summed E-state index contributed by atoms with van der Waals surface area (Å²) in [6.45, 7) is 7.45. The third-order valence-electron chi connectivity index (χ3n) is 2.44. The molecule has 1 heterocycles. The molecule has 0 radical (unpaired) electrons. The lowest BCUT2D eigenvalue weighted by Gasteiger charge is -2.07. The van der Waals surface area contributed by atoms with E-state index in [2.05, 4.69) is 4.98 Å². The quantitative estimate of drug-likeness (QED) is 0.845. The van der Waals surface area contributed by atoms with Gasteiger partial charge in [-0.1, -0.05) is 11.1 Å². The van der Waals surface area contributed by atoms with Crippen LogP contribution in [0.2, 0.25) is 0 Å². The Morgan fingerprint density at radius 1 is 0.842 bits per heavy atom. The topological polar surface area (TPSA) is 67.0 Å². The lowest BCUT2D eigenvalue weighted by molar-refractivity contribution is 0.112. The molecule has 0 saturated heterocycles. The van der Waals surface area contributed by atoms with Crippen molar-refractivity contribution in [1.82, 2.24) is 4.98 Å². The number of hydrogen-bond donors (Lipinski definition) is 1. The van der Waals surface area contributed by atoms with Crippen molar-refractivity contribution in [3.05, 3.63) is 43.9 Å². The van der Waals surface area contributed by atoms with Gasteiger partial charge in [-0.05, 0) is 39.8 Å². The Kier molecular flexibility index (Phi) is 4.75. The average molecular weight is 259 g/mol. The first kappa shape index (κ1) is 14.8. The number of rotatable bonds is 4. The van der Waals surface area contributed by atoms with Crippen LogP contribution in [0.3, 0.4) is 0 Å². The summed E-state index contributed by atoms with van der Waals surface area (Å²) < 4.78 is 0. The molecule has 100 valence electrons. The third kappa shape index (κ3) is 3.37. The number of carbonyl (C=O) groups excluding carboxylic acids is 2. The predicted octanol–water partition coefficient (Wildman–Crippen LogP) is 2.85. The van der Waals surface area contributed by atoms with Crippen LogP contribution in [0.5, 0.6) is 0 Å². The molecule has 0 unspecified atom stereocenters. The number of pyridine rings is 1. The van der Waals surface area contributed by atoms with Gasteiger partial charge in [0.05, 0.1) is 22.5 Å². The Morgan fingerprint density at radius 2 is 1.21 bits per heavy atom. The fourth-order valence-corrected chi connectivity index (χ4v) is 1.71. The Hall–Kier alpha value is -2.23. The minimum absolute atomic E-state index is 0.0193. The Bertz CT molecular complexity index is 574. The van der Waals surface area contributed by atoms with E-state index in [9.17, 15) is 14.4 Å². The number of nitrogens with one attached hydrogen (secondary N) is 1. The van der Waals surface area contributed by atoms with Crippen molar-refractivity contribution in [3.8, 4) is 0 Å². The minimum Gasteiger partial charge on any atom is -0.354 e. The van der Waals surface area contributed by atoms with E-state index in [0.29, 0.717) is 24.0 Å². The summed E-state index contributed by atoms with van der Waals surface area (Å²) in [5.74, 6) is 0. The molecule has 0 atom stereocenters. The number of hydrogen-bond acceptors (Lipinski definition) is 3. The number of aromatic nitrogens is 1. The summed E-state index contributed by atoms with van der Waals surface area (Å²) in [5, 5.41) is 0. The van der Waals surface area contributed by atoms with Crippen molar-refractivity contribution < 1.29 is 9.59 Å². The highest BCUT2D eigenvalue weighted by molar-refractivity contribution is 5.88. The van der Waals surface area contributed by atoms with Crippen molar-refractivity contribution in [2.75, 3.05) is 0 Å². The monoisotopic (exact) mass is 259 g/mol. The van der Waals surface area contributed by atoms with Crippen LogP contribution in [0.4, 0.5) is 0 Å². The highest BCUT2D eigenvalue weighted by Crippen LogP contribution is 2.12. The molecular weight excluding hydrogens is 242 g/mol. The van der Waals surface area contributed by atoms with Crippen LogP contribution in [0.1, 0.15) is 59.8 Å². The van der Waals surface area contributed by atoms with E-state index in [0.717, 1.165) is 11.1 Å². The summed E-state index contributed by atoms with van der Waals surface area (Å²) in [4.78, 5) is 37.2. The van der Waals surface area contributed by atoms with E-state index in [1.54, 1.807) is 12.2 Å². The molecule has 1 aromatic heterocycles. The van der Waals surface area contributed by atoms with Crippen molar-refractivity contribution in [1.29, 1.82) is 0 Å². The first-order valence-electron chi connectivity index (χ1n) is 5.91. The fourth-order valence-electron chi connectivity index (χ4n) is 1.71. The molecule has 4 heteroatoms. The molecule has 0 spiro atoms. The highest BCUT2D eigenvalue weighted by Gasteiger charge is 2.13. The highest BCUT2D eigenvalue weighted by atomic mass is 16.1. The van der Waals surface area contributed by atoms with Crippen LogP contribution < -0.4 is 5.43 Å². The second-order valence-corrected chi connectivity index (χ2v) is 4.79. The van der Waals surface area contributed by atoms with E-state index in [1.165, 1.54) is 0 Å². The van der Waals surface area contributed by atoms with E-state index in [4.69, 9.17) is 0 Å². The van der Waals surface area contributed by atoms with E-state index >= 15 is 0 Å². The molecule has 0 saturated carbocycles. The van der Waals surface area contributed by atoms with Crippen LogP contribution in [0.25, 0.3) is 12.2 Å². The van der Waals surface area contributed by atoms with Gasteiger partial charge < -0.3 is 4.98 Å². The number of aldehydes is 2. The van der Waals surface area contributed by atoms with Gasteiger partial charge >= 0.3 is 0 Å². The maximum Gasteiger partial charge on any atom is 0.203 e. The predicted molar refractivity (Wildman–Crippen MR) is 76.5 cm³/mol. The third-order valence-corrected chi connectivity index (χ3v) is 2.44. The fraction of sp³-hybridized carbons (Fsp3) is 0.267. The SMILES string of the molecule is CC(C)=Cc1[nH]c(C=C(C)C)c(C=O)c(=O)c1C=O. The van der Waals surface area contributed by atoms with E-state index in [-0.39, 0.29) is 11.1 Å². The summed E-state index contributed by atoms with van der Waals surface area (Å²) in [6, 6.07) is 0. The van der Waals surface area contributed by atoms with Gasteiger partial charge in [-0.15, -0.1) is 0 Å². The van der Waals surface area contributed by atoms with Gasteiger partial charge in [0.2, 0.25) is 5.43 Å². The normalized spacial score (nSPS) is 9.68. The van der Waals surface area contributed by atoms with E-state index in [1.807, 2.05) is 27.7 Å². The van der Waals surface area contributed by atoms with Crippen LogP contribution in [-0.4, -0.2) is 17.6 Å². The van der Waals surface area contributed by atoms with Gasteiger partial charge in [0, 0.05) is 0 Å². The van der Waals surface area contributed by atoms with Crippen LogP contribution in [0, 0.1) is 0 Å². The summed E-state index contributed by atoms with van der Waals surface area (Å²) in [5.41, 5.74) is 2.17. The number of carbonyl (C=O) groups is 2.